The number of anilines is 4. The molecule has 6 aromatic carbocycles. The van der Waals surface area contributed by atoms with Crippen molar-refractivity contribution in [3.8, 4) is 0 Å². The molecule has 2 heterocycles. The van der Waals surface area contributed by atoms with Crippen LogP contribution in [0, 0.1) is 13.8 Å². The first-order valence-corrected chi connectivity index (χ1v) is 19.8. The van der Waals surface area contributed by atoms with Crippen LogP contribution in [0.1, 0.15) is 48.2 Å². The number of halogens is 4. The SMILES string of the molecule is Cc1cccc([C@@H]2[C@@H](C)N(c3ccc(Cl)cc3)C(=O)N2c2ccc(Cl)cc2)c1.Cc1cccc([C@H]2[C@H](C)N(c3ccc(Cl)cc3)C(=O)N2c2ccc(Cl)cc2)c1. The lowest BCUT2D eigenvalue weighted by Gasteiger charge is -2.26. The Bertz CT molecular complexity index is 2170. The summed E-state index contributed by atoms with van der Waals surface area (Å²) in [7, 11) is 0. The minimum atomic E-state index is -0.121. The molecule has 284 valence electrons. The third-order valence-corrected chi connectivity index (χ3v) is 11.3. The first-order valence-electron chi connectivity index (χ1n) is 18.3. The molecule has 2 saturated heterocycles. The van der Waals surface area contributed by atoms with E-state index in [9.17, 15) is 9.59 Å². The number of benzene rings is 6. The second-order valence-electron chi connectivity index (χ2n) is 14.1. The van der Waals surface area contributed by atoms with Crippen molar-refractivity contribution < 1.29 is 9.59 Å². The number of amides is 4. The van der Waals surface area contributed by atoms with Crippen LogP contribution in [-0.2, 0) is 0 Å². The number of carbonyl (C=O) groups excluding carboxylic acids is 2. The Morgan fingerprint density at radius 3 is 0.929 bits per heavy atom. The van der Waals surface area contributed by atoms with E-state index in [1.807, 2.05) is 129 Å². The second kappa shape index (κ2) is 16.6. The summed E-state index contributed by atoms with van der Waals surface area (Å²) in [5, 5.41) is 2.58. The molecule has 2 fully saturated rings. The first-order chi connectivity index (χ1) is 26.9. The fraction of sp³-hybridized carbons (Fsp3) is 0.174. The minimum absolute atomic E-state index is 0.0637. The average molecular weight is 823 g/mol. The molecule has 0 spiro atoms. The normalized spacial score (nSPS) is 19.4. The van der Waals surface area contributed by atoms with Gasteiger partial charge in [0.2, 0.25) is 0 Å². The van der Waals surface area contributed by atoms with E-state index in [2.05, 4.69) is 64.1 Å². The molecule has 0 bridgehead atoms. The summed E-state index contributed by atoms with van der Waals surface area (Å²) >= 11 is 24.2. The highest BCUT2D eigenvalue weighted by Gasteiger charge is 2.47. The Kier molecular flexibility index (Phi) is 11.7. The van der Waals surface area contributed by atoms with E-state index in [1.54, 1.807) is 0 Å². The molecule has 2 aliphatic rings. The molecule has 8 rings (SSSR count). The molecule has 4 atom stereocenters. The highest BCUT2D eigenvalue weighted by atomic mass is 35.5. The largest absolute Gasteiger partial charge is 0.329 e. The van der Waals surface area contributed by atoms with Crippen molar-refractivity contribution in [1.29, 1.82) is 0 Å². The van der Waals surface area contributed by atoms with Gasteiger partial charge in [-0.1, -0.05) is 106 Å². The van der Waals surface area contributed by atoms with Gasteiger partial charge in [-0.05, 0) is 136 Å². The molecule has 2 aliphatic heterocycles. The smallest absolute Gasteiger partial charge is 0.289 e. The molecular weight excluding hydrogens is 782 g/mol. The zero-order chi connectivity index (χ0) is 39.7. The molecule has 0 radical (unpaired) electrons. The number of rotatable bonds is 6. The molecule has 0 aliphatic carbocycles. The van der Waals surface area contributed by atoms with E-state index in [-0.39, 0.29) is 36.2 Å². The highest BCUT2D eigenvalue weighted by Crippen LogP contribution is 2.43. The highest BCUT2D eigenvalue weighted by molar-refractivity contribution is 6.31. The maximum Gasteiger partial charge on any atom is 0.329 e. The summed E-state index contributed by atoms with van der Waals surface area (Å²) in [6.07, 6.45) is 0. The summed E-state index contributed by atoms with van der Waals surface area (Å²) in [5.41, 5.74) is 7.84. The van der Waals surface area contributed by atoms with Gasteiger partial charge in [-0.2, -0.15) is 0 Å². The standard InChI is InChI=1S/2C23H20Cl2N2O/c2*1-15-4-3-5-17(14-15)22-16(2)26(20-10-6-18(24)7-11-20)23(28)27(22)21-12-8-19(25)9-13-21/h2*3-14,16,22H,1-2H3/t2*16-,22+/m10/s1. The van der Waals surface area contributed by atoms with Crippen LogP contribution in [0.5, 0.6) is 0 Å². The quantitative estimate of drug-likeness (QED) is 0.168. The summed E-state index contributed by atoms with van der Waals surface area (Å²) in [5.74, 6) is 0. The van der Waals surface area contributed by atoms with E-state index >= 15 is 0 Å². The van der Waals surface area contributed by atoms with Crippen molar-refractivity contribution in [2.75, 3.05) is 19.6 Å². The van der Waals surface area contributed by atoms with Crippen molar-refractivity contribution in [2.24, 2.45) is 0 Å². The van der Waals surface area contributed by atoms with E-state index in [1.165, 1.54) is 0 Å². The topological polar surface area (TPSA) is 47.1 Å². The third kappa shape index (κ3) is 7.98. The molecule has 4 amide bonds. The Labute approximate surface area is 348 Å². The van der Waals surface area contributed by atoms with E-state index in [0.717, 1.165) is 45.0 Å². The van der Waals surface area contributed by atoms with Crippen LogP contribution in [0.15, 0.2) is 146 Å². The van der Waals surface area contributed by atoms with E-state index in [0.29, 0.717) is 20.1 Å². The zero-order valence-electron chi connectivity index (χ0n) is 31.3. The number of urea groups is 2. The molecule has 6 nitrogen and oxygen atoms in total. The fourth-order valence-corrected chi connectivity index (χ4v) is 8.24. The average Bonchev–Trinajstić information content (AvgIpc) is 3.60. The molecule has 0 aromatic heterocycles. The van der Waals surface area contributed by atoms with Crippen molar-refractivity contribution in [3.63, 3.8) is 0 Å². The van der Waals surface area contributed by atoms with Gasteiger partial charge in [0.25, 0.3) is 0 Å². The predicted octanol–water partition coefficient (Wildman–Crippen LogP) is 13.8. The monoisotopic (exact) mass is 820 g/mol. The van der Waals surface area contributed by atoms with Crippen LogP contribution >= 0.6 is 46.4 Å². The maximum atomic E-state index is 13.5. The van der Waals surface area contributed by atoms with E-state index in [4.69, 9.17) is 46.4 Å². The van der Waals surface area contributed by atoms with Crippen molar-refractivity contribution in [3.05, 3.63) is 188 Å². The van der Waals surface area contributed by atoms with Crippen LogP contribution in [0.2, 0.25) is 20.1 Å². The van der Waals surface area contributed by atoms with Crippen molar-refractivity contribution in [1.82, 2.24) is 0 Å². The van der Waals surface area contributed by atoms with Gasteiger partial charge >= 0.3 is 12.1 Å². The first kappa shape index (κ1) is 39.3. The number of hydrogen-bond acceptors (Lipinski definition) is 2. The number of hydrogen-bond donors (Lipinski definition) is 0. The summed E-state index contributed by atoms with van der Waals surface area (Å²) in [4.78, 5) is 34.4. The van der Waals surface area contributed by atoms with Crippen molar-refractivity contribution >= 4 is 81.2 Å². The zero-order valence-corrected chi connectivity index (χ0v) is 34.3. The Morgan fingerprint density at radius 1 is 0.393 bits per heavy atom. The molecule has 56 heavy (non-hydrogen) atoms. The number of aryl methyl sites for hydroxylation is 2. The number of carbonyl (C=O) groups is 2. The van der Waals surface area contributed by atoms with Gasteiger partial charge in [-0.3, -0.25) is 19.6 Å². The lowest BCUT2D eigenvalue weighted by molar-refractivity contribution is 0.254. The van der Waals surface area contributed by atoms with Gasteiger partial charge in [-0.25, -0.2) is 9.59 Å². The maximum absolute atomic E-state index is 13.5. The van der Waals surface area contributed by atoms with Crippen LogP contribution in [0.4, 0.5) is 32.3 Å². The van der Waals surface area contributed by atoms with Crippen LogP contribution in [0.25, 0.3) is 0 Å². The molecule has 0 unspecified atom stereocenters. The van der Waals surface area contributed by atoms with Gasteiger partial charge in [-0.15, -0.1) is 0 Å². The third-order valence-electron chi connectivity index (χ3n) is 10.3. The minimum Gasteiger partial charge on any atom is -0.289 e. The fourth-order valence-electron chi connectivity index (χ4n) is 7.74. The molecule has 0 saturated carbocycles. The Hall–Kier alpha value is -4.98. The summed E-state index contributed by atoms with van der Waals surface area (Å²) in [6.45, 7) is 8.29. The summed E-state index contributed by atoms with van der Waals surface area (Å²) < 4.78 is 0. The molecule has 6 aromatic rings. The van der Waals surface area contributed by atoms with Gasteiger partial charge in [0, 0.05) is 42.8 Å². The lowest BCUT2D eigenvalue weighted by Crippen LogP contribution is -2.33. The lowest BCUT2D eigenvalue weighted by atomic mass is 9.98. The molecular formula is C46H40Cl4N4O2. The summed E-state index contributed by atoms with van der Waals surface area (Å²) in [6, 6.07) is 45.7. The van der Waals surface area contributed by atoms with Gasteiger partial charge in [0.05, 0.1) is 24.2 Å². The predicted molar refractivity (Wildman–Crippen MR) is 233 cm³/mol. The van der Waals surface area contributed by atoms with Gasteiger partial charge in [0.15, 0.2) is 0 Å². The van der Waals surface area contributed by atoms with E-state index < -0.39 is 0 Å². The second-order valence-corrected chi connectivity index (χ2v) is 15.9. The Balaban J connectivity index is 0.000000172. The number of nitrogens with zero attached hydrogens (tertiary/aromatic N) is 4. The van der Waals surface area contributed by atoms with Gasteiger partial charge < -0.3 is 0 Å². The van der Waals surface area contributed by atoms with Crippen molar-refractivity contribution in [2.45, 2.75) is 51.9 Å². The Morgan fingerprint density at radius 2 is 0.661 bits per heavy atom. The van der Waals surface area contributed by atoms with Crippen LogP contribution in [-0.4, -0.2) is 24.1 Å². The van der Waals surface area contributed by atoms with Gasteiger partial charge in [0.1, 0.15) is 0 Å². The molecule has 10 heteroatoms. The molecule has 0 N–H and O–H groups in total. The van der Waals surface area contributed by atoms with Crippen LogP contribution in [0.3, 0.4) is 0 Å². The van der Waals surface area contributed by atoms with Crippen LogP contribution < -0.4 is 19.6 Å².